The zero-order valence-corrected chi connectivity index (χ0v) is 13.3. The van der Waals surface area contributed by atoms with E-state index in [9.17, 15) is 4.79 Å². The Kier molecular flexibility index (Phi) is 5.34. The molecule has 0 N–H and O–H groups in total. The summed E-state index contributed by atoms with van der Waals surface area (Å²) in [4.78, 5) is 12.5. The summed E-state index contributed by atoms with van der Waals surface area (Å²) in [5, 5.41) is 0. The van der Waals surface area contributed by atoms with Crippen LogP contribution in [0.5, 0.6) is 0 Å². The van der Waals surface area contributed by atoms with Crippen molar-refractivity contribution in [2.45, 2.75) is 60.3 Å². The smallest absolute Gasteiger partial charge is 0.163 e. The van der Waals surface area contributed by atoms with Crippen molar-refractivity contribution in [3.05, 3.63) is 35.4 Å². The van der Waals surface area contributed by atoms with Gasteiger partial charge in [0.05, 0.1) is 0 Å². The fourth-order valence-corrected chi connectivity index (χ4v) is 2.80. The molecule has 0 bridgehead atoms. The summed E-state index contributed by atoms with van der Waals surface area (Å²) in [7, 11) is 0. The Labute approximate surface area is 118 Å². The van der Waals surface area contributed by atoms with Crippen LogP contribution in [0.25, 0.3) is 0 Å². The average molecular weight is 260 g/mol. The van der Waals surface area contributed by atoms with Crippen LogP contribution in [0.2, 0.25) is 0 Å². The summed E-state index contributed by atoms with van der Waals surface area (Å²) < 4.78 is 0. The molecule has 0 saturated carbocycles. The van der Waals surface area contributed by atoms with Gasteiger partial charge in [0.1, 0.15) is 0 Å². The van der Waals surface area contributed by atoms with Gasteiger partial charge in [-0.2, -0.15) is 0 Å². The van der Waals surface area contributed by atoms with Crippen molar-refractivity contribution in [1.29, 1.82) is 0 Å². The van der Waals surface area contributed by atoms with Gasteiger partial charge in [-0.3, -0.25) is 4.79 Å². The first-order valence-corrected chi connectivity index (χ1v) is 7.33. The first-order valence-electron chi connectivity index (χ1n) is 7.33. The lowest BCUT2D eigenvalue weighted by atomic mass is 9.82. The lowest BCUT2D eigenvalue weighted by Crippen LogP contribution is -2.15. The molecule has 0 saturated heterocycles. The van der Waals surface area contributed by atoms with Gasteiger partial charge in [-0.05, 0) is 29.2 Å². The third kappa shape index (κ3) is 5.18. The standard InChI is InChI=1S/C18H28O/c1-13(2)15-9-7-8-10-16(15)17(19)11-14(3)12-18(4,5)6/h7-10,13-14H,11-12H2,1-6H3. The third-order valence-electron chi connectivity index (χ3n) is 3.38. The number of ketones is 1. The minimum absolute atomic E-state index is 0.289. The SMILES string of the molecule is CC(CC(=O)c1ccccc1C(C)C)CC(C)(C)C. The largest absolute Gasteiger partial charge is 0.294 e. The zero-order chi connectivity index (χ0) is 14.6. The molecule has 0 fully saturated rings. The van der Waals surface area contributed by atoms with Crippen molar-refractivity contribution in [3.8, 4) is 0 Å². The molecule has 0 amide bonds. The summed E-state index contributed by atoms with van der Waals surface area (Å²) in [5.74, 6) is 1.13. The molecule has 0 heterocycles. The maximum Gasteiger partial charge on any atom is 0.163 e. The number of carbonyl (C=O) groups excluding carboxylic acids is 1. The van der Waals surface area contributed by atoms with E-state index in [0.717, 1.165) is 12.0 Å². The van der Waals surface area contributed by atoms with Crippen molar-refractivity contribution in [3.63, 3.8) is 0 Å². The third-order valence-corrected chi connectivity index (χ3v) is 3.38. The maximum absolute atomic E-state index is 12.5. The first kappa shape index (κ1) is 15.9. The first-order chi connectivity index (χ1) is 8.70. The summed E-state index contributed by atoms with van der Waals surface area (Å²) in [5.41, 5.74) is 2.38. The van der Waals surface area contributed by atoms with Crippen LogP contribution in [0, 0.1) is 11.3 Å². The molecule has 1 nitrogen and oxygen atoms in total. The number of Topliss-reactive ketones (excluding diaryl/α,β-unsaturated/α-hetero) is 1. The predicted molar refractivity (Wildman–Crippen MR) is 82.7 cm³/mol. The Morgan fingerprint density at radius 1 is 1.11 bits per heavy atom. The van der Waals surface area contributed by atoms with E-state index in [1.165, 1.54) is 5.56 Å². The Morgan fingerprint density at radius 2 is 1.68 bits per heavy atom. The van der Waals surface area contributed by atoms with Gasteiger partial charge in [-0.25, -0.2) is 0 Å². The minimum Gasteiger partial charge on any atom is -0.294 e. The number of hydrogen-bond acceptors (Lipinski definition) is 1. The zero-order valence-electron chi connectivity index (χ0n) is 13.3. The topological polar surface area (TPSA) is 17.1 Å². The monoisotopic (exact) mass is 260 g/mol. The van der Waals surface area contributed by atoms with Crippen molar-refractivity contribution in [1.82, 2.24) is 0 Å². The second-order valence-corrected chi connectivity index (χ2v) is 7.24. The van der Waals surface area contributed by atoms with E-state index < -0.39 is 0 Å². The van der Waals surface area contributed by atoms with E-state index in [1.807, 2.05) is 18.2 Å². The summed E-state index contributed by atoms with van der Waals surface area (Å²) >= 11 is 0. The van der Waals surface area contributed by atoms with Crippen molar-refractivity contribution in [2.75, 3.05) is 0 Å². The van der Waals surface area contributed by atoms with Crippen LogP contribution in [-0.2, 0) is 0 Å². The molecule has 0 aromatic heterocycles. The number of hydrogen-bond donors (Lipinski definition) is 0. The highest BCUT2D eigenvalue weighted by molar-refractivity contribution is 5.97. The lowest BCUT2D eigenvalue weighted by molar-refractivity contribution is 0.0953. The van der Waals surface area contributed by atoms with Crippen molar-refractivity contribution >= 4 is 5.78 Å². The molecule has 1 rings (SSSR count). The van der Waals surface area contributed by atoms with Gasteiger partial charge < -0.3 is 0 Å². The molecule has 19 heavy (non-hydrogen) atoms. The minimum atomic E-state index is 0.289. The molecule has 0 aliphatic carbocycles. The molecule has 0 radical (unpaired) electrons. The normalized spacial score (nSPS) is 13.6. The van der Waals surface area contributed by atoms with Gasteiger partial charge in [0.2, 0.25) is 0 Å². The molecular formula is C18H28O. The van der Waals surface area contributed by atoms with E-state index in [-0.39, 0.29) is 5.41 Å². The van der Waals surface area contributed by atoms with E-state index >= 15 is 0 Å². The molecule has 0 aliphatic rings. The van der Waals surface area contributed by atoms with Crippen molar-refractivity contribution < 1.29 is 4.79 Å². The molecule has 106 valence electrons. The molecule has 1 unspecified atom stereocenters. The van der Waals surface area contributed by atoms with Crippen LogP contribution in [0.4, 0.5) is 0 Å². The van der Waals surface area contributed by atoms with E-state index in [0.29, 0.717) is 24.0 Å². The lowest BCUT2D eigenvalue weighted by Gasteiger charge is -2.23. The number of rotatable bonds is 5. The van der Waals surface area contributed by atoms with Crippen molar-refractivity contribution in [2.24, 2.45) is 11.3 Å². The summed E-state index contributed by atoms with van der Waals surface area (Å²) in [6.45, 7) is 13.2. The molecule has 1 atom stereocenters. The Balaban J connectivity index is 2.79. The Morgan fingerprint density at radius 3 is 2.21 bits per heavy atom. The van der Waals surface area contributed by atoms with Gasteiger partial charge >= 0.3 is 0 Å². The summed E-state index contributed by atoms with van der Waals surface area (Å²) in [6.07, 6.45) is 1.74. The van der Waals surface area contributed by atoms with Gasteiger partial charge in [0.25, 0.3) is 0 Å². The molecule has 0 aliphatic heterocycles. The van der Waals surface area contributed by atoms with Crippen LogP contribution < -0.4 is 0 Å². The van der Waals surface area contributed by atoms with Crippen LogP contribution in [0.15, 0.2) is 24.3 Å². The fraction of sp³-hybridized carbons (Fsp3) is 0.611. The fourth-order valence-electron chi connectivity index (χ4n) is 2.80. The second kappa shape index (κ2) is 6.36. The molecule has 1 heteroatoms. The van der Waals surface area contributed by atoms with E-state index in [1.54, 1.807) is 0 Å². The quantitative estimate of drug-likeness (QED) is 0.643. The molecular weight excluding hydrogens is 232 g/mol. The number of benzene rings is 1. The molecule has 1 aromatic carbocycles. The second-order valence-electron chi connectivity index (χ2n) is 7.24. The van der Waals surface area contributed by atoms with E-state index in [4.69, 9.17) is 0 Å². The van der Waals surface area contributed by atoms with Gasteiger partial charge in [0.15, 0.2) is 5.78 Å². The average Bonchev–Trinajstić information content (AvgIpc) is 2.26. The van der Waals surface area contributed by atoms with Gasteiger partial charge in [-0.1, -0.05) is 65.8 Å². The van der Waals surface area contributed by atoms with Crippen LogP contribution in [0.1, 0.15) is 76.2 Å². The van der Waals surface area contributed by atoms with E-state index in [2.05, 4.69) is 47.6 Å². The van der Waals surface area contributed by atoms with Crippen LogP contribution in [0.3, 0.4) is 0 Å². The highest BCUT2D eigenvalue weighted by Crippen LogP contribution is 2.28. The maximum atomic E-state index is 12.5. The molecule has 1 aromatic rings. The highest BCUT2D eigenvalue weighted by Gasteiger charge is 2.20. The van der Waals surface area contributed by atoms with Gasteiger partial charge in [-0.15, -0.1) is 0 Å². The van der Waals surface area contributed by atoms with Gasteiger partial charge in [0, 0.05) is 12.0 Å². The predicted octanol–water partition coefficient (Wildman–Crippen LogP) is 5.46. The van der Waals surface area contributed by atoms with Crippen LogP contribution in [-0.4, -0.2) is 5.78 Å². The Hall–Kier alpha value is -1.11. The van der Waals surface area contributed by atoms with Crippen LogP contribution >= 0.6 is 0 Å². The Bertz CT molecular complexity index is 424. The molecule has 0 spiro atoms. The summed E-state index contributed by atoms with van der Waals surface area (Å²) in [6, 6.07) is 8.03. The number of carbonyl (C=O) groups is 1. The highest BCUT2D eigenvalue weighted by atomic mass is 16.1.